The van der Waals surface area contributed by atoms with Crippen molar-refractivity contribution in [3.63, 3.8) is 0 Å². The van der Waals surface area contributed by atoms with Crippen molar-refractivity contribution in [3.05, 3.63) is 12.2 Å². The molecule has 2 amide bonds. The Labute approximate surface area is 76.1 Å². The summed E-state index contributed by atoms with van der Waals surface area (Å²) in [6.45, 7) is 1.53. The normalized spacial score (nSPS) is 15.9. The van der Waals surface area contributed by atoms with Gasteiger partial charge in [0.15, 0.2) is 0 Å². The fraction of sp³-hybridized carbons (Fsp3) is 0.500. The van der Waals surface area contributed by atoms with E-state index in [-0.39, 0.29) is 11.8 Å². The fourth-order valence-corrected chi connectivity index (χ4v) is 0.993. The van der Waals surface area contributed by atoms with E-state index in [2.05, 4.69) is 0 Å². The summed E-state index contributed by atoms with van der Waals surface area (Å²) in [7, 11) is 0. The molecule has 0 aromatic rings. The highest BCUT2D eigenvalue weighted by Gasteiger charge is 2.22. The minimum absolute atomic E-state index is 0.277. The molecule has 1 rings (SSSR count). The zero-order valence-corrected chi connectivity index (χ0v) is 7.23. The molecule has 0 bridgehead atoms. The van der Waals surface area contributed by atoms with Gasteiger partial charge in [-0.2, -0.15) is 0 Å². The lowest BCUT2D eigenvalue weighted by Crippen LogP contribution is -2.33. The molecule has 13 heavy (non-hydrogen) atoms. The van der Waals surface area contributed by atoms with Crippen LogP contribution in [0.25, 0.3) is 0 Å². The number of amides is 2. The Kier molecular flexibility index (Phi) is 3.60. The lowest BCUT2D eigenvalue weighted by Gasteiger charge is -2.12. The zero-order valence-electron chi connectivity index (χ0n) is 7.23. The third-order valence-electron chi connectivity index (χ3n) is 1.62. The van der Waals surface area contributed by atoms with Gasteiger partial charge in [0.2, 0.25) is 0 Å². The Hall–Kier alpha value is -1.20. The lowest BCUT2D eigenvalue weighted by atomic mass is 10.5. The van der Waals surface area contributed by atoms with Crippen LogP contribution in [0.3, 0.4) is 0 Å². The number of hydrogen-bond donors (Lipinski definition) is 1. The standard InChI is InChI=1S/C8H12N2O3/c9-3-5-13-6-4-10-7(11)1-2-8(10)12/h1-2H,3-6,9H2. The summed E-state index contributed by atoms with van der Waals surface area (Å²) in [6, 6.07) is 0. The topological polar surface area (TPSA) is 72.6 Å². The summed E-state index contributed by atoms with van der Waals surface area (Å²) in [6.07, 6.45) is 2.51. The van der Waals surface area contributed by atoms with Gasteiger partial charge in [-0.25, -0.2) is 0 Å². The Morgan fingerprint density at radius 2 is 1.85 bits per heavy atom. The average molecular weight is 184 g/mol. The molecule has 0 radical (unpaired) electrons. The van der Waals surface area contributed by atoms with E-state index < -0.39 is 0 Å². The van der Waals surface area contributed by atoms with Gasteiger partial charge >= 0.3 is 0 Å². The minimum atomic E-state index is -0.277. The van der Waals surface area contributed by atoms with Crippen LogP contribution in [0.15, 0.2) is 12.2 Å². The van der Waals surface area contributed by atoms with Crippen molar-refractivity contribution in [2.45, 2.75) is 0 Å². The third-order valence-corrected chi connectivity index (χ3v) is 1.62. The number of nitrogens with zero attached hydrogens (tertiary/aromatic N) is 1. The number of carbonyl (C=O) groups excluding carboxylic acids is 2. The second-order valence-electron chi connectivity index (χ2n) is 2.56. The molecule has 1 aliphatic rings. The van der Waals surface area contributed by atoms with Crippen LogP contribution in [0.1, 0.15) is 0 Å². The monoisotopic (exact) mass is 184 g/mol. The Morgan fingerprint density at radius 3 is 2.38 bits per heavy atom. The second-order valence-corrected chi connectivity index (χ2v) is 2.56. The van der Waals surface area contributed by atoms with Gasteiger partial charge in [-0.3, -0.25) is 14.5 Å². The molecule has 1 heterocycles. The summed E-state index contributed by atoms with van der Waals surface area (Å²) in [5.41, 5.74) is 5.19. The van der Waals surface area contributed by atoms with Crippen LogP contribution in [0.5, 0.6) is 0 Å². The molecule has 0 aromatic heterocycles. The molecular formula is C8H12N2O3. The van der Waals surface area contributed by atoms with Gasteiger partial charge in [-0.15, -0.1) is 0 Å². The minimum Gasteiger partial charge on any atom is -0.378 e. The Morgan fingerprint density at radius 1 is 1.23 bits per heavy atom. The maximum absolute atomic E-state index is 11.0. The van der Waals surface area contributed by atoms with Crippen molar-refractivity contribution in [2.75, 3.05) is 26.3 Å². The third kappa shape index (κ3) is 2.64. The average Bonchev–Trinajstić information content (AvgIpc) is 2.42. The van der Waals surface area contributed by atoms with Gasteiger partial charge in [0.1, 0.15) is 0 Å². The van der Waals surface area contributed by atoms with Crippen LogP contribution in [0.2, 0.25) is 0 Å². The maximum Gasteiger partial charge on any atom is 0.253 e. The molecule has 0 aromatic carbocycles. The highest BCUT2D eigenvalue weighted by Crippen LogP contribution is 2.02. The summed E-state index contributed by atoms with van der Waals surface area (Å²) < 4.78 is 5.04. The van der Waals surface area contributed by atoms with Crippen molar-refractivity contribution in [3.8, 4) is 0 Å². The number of ether oxygens (including phenoxy) is 1. The van der Waals surface area contributed by atoms with Crippen molar-refractivity contribution in [1.29, 1.82) is 0 Å². The molecule has 2 N–H and O–H groups in total. The molecule has 0 spiro atoms. The first-order valence-corrected chi connectivity index (χ1v) is 4.07. The van der Waals surface area contributed by atoms with E-state index >= 15 is 0 Å². The van der Waals surface area contributed by atoms with E-state index in [4.69, 9.17) is 10.5 Å². The molecule has 72 valence electrons. The van der Waals surface area contributed by atoms with E-state index in [1.165, 1.54) is 12.2 Å². The Balaban J connectivity index is 2.22. The predicted molar refractivity (Wildman–Crippen MR) is 45.7 cm³/mol. The number of hydrogen-bond acceptors (Lipinski definition) is 4. The highest BCUT2D eigenvalue weighted by molar-refractivity contribution is 6.12. The molecule has 0 saturated heterocycles. The van der Waals surface area contributed by atoms with Crippen LogP contribution in [-0.4, -0.2) is 43.0 Å². The smallest absolute Gasteiger partial charge is 0.253 e. The first-order valence-electron chi connectivity index (χ1n) is 4.07. The highest BCUT2D eigenvalue weighted by atomic mass is 16.5. The number of rotatable bonds is 5. The van der Waals surface area contributed by atoms with Crippen LogP contribution < -0.4 is 5.73 Å². The van der Waals surface area contributed by atoms with Gasteiger partial charge in [0.05, 0.1) is 19.8 Å². The molecule has 0 atom stereocenters. The van der Waals surface area contributed by atoms with Gasteiger partial charge < -0.3 is 10.5 Å². The first-order chi connectivity index (χ1) is 6.25. The van der Waals surface area contributed by atoms with Gasteiger partial charge in [0, 0.05) is 18.7 Å². The van der Waals surface area contributed by atoms with Crippen molar-refractivity contribution >= 4 is 11.8 Å². The largest absolute Gasteiger partial charge is 0.378 e. The molecule has 5 heteroatoms. The molecule has 0 aliphatic carbocycles. The molecule has 0 saturated carbocycles. The van der Waals surface area contributed by atoms with E-state index in [9.17, 15) is 9.59 Å². The van der Waals surface area contributed by atoms with E-state index in [0.29, 0.717) is 26.3 Å². The van der Waals surface area contributed by atoms with E-state index in [0.717, 1.165) is 4.90 Å². The fourth-order valence-electron chi connectivity index (χ4n) is 0.993. The van der Waals surface area contributed by atoms with Crippen molar-refractivity contribution in [2.24, 2.45) is 5.73 Å². The molecule has 5 nitrogen and oxygen atoms in total. The Bertz CT molecular complexity index is 220. The summed E-state index contributed by atoms with van der Waals surface area (Å²) in [5.74, 6) is -0.553. The number of nitrogens with two attached hydrogens (primary N) is 1. The maximum atomic E-state index is 11.0. The number of imide groups is 1. The summed E-state index contributed by atoms with van der Waals surface area (Å²) in [5, 5.41) is 0. The van der Waals surface area contributed by atoms with Crippen LogP contribution in [0, 0.1) is 0 Å². The SMILES string of the molecule is NCCOCCN1C(=O)C=CC1=O. The second kappa shape index (κ2) is 4.74. The van der Waals surface area contributed by atoms with Crippen molar-refractivity contribution < 1.29 is 14.3 Å². The molecule has 0 unspecified atom stereocenters. The van der Waals surface area contributed by atoms with Gasteiger partial charge in [-0.1, -0.05) is 0 Å². The molecule has 0 fully saturated rings. The van der Waals surface area contributed by atoms with Crippen LogP contribution in [-0.2, 0) is 14.3 Å². The van der Waals surface area contributed by atoms with E-state index in [1.807, 2.05) is 0 Å². The summed E-state index contributed by atoms with van der Waals surface area (Å²) >= 11 is 0. The van der Waals surface area contributed by atoms with Crippen molar-refractivity contribution in [1.82, 2.24) is 4.90 Å². The van der Waals surface area contributed by atoms with E-state index in [1.54, 1.807) is 0 Å². The zero-order chi connectivity index (χ0) is 9.68. The lowest BCUT2D eigenvalue weighted by molar-refractivity contribution is -0.137. The van der Waals surface area contributed by atoms with Crippen LogP contribution >= 0.6 is 0 Å². The molecule has 1 aliphatic heterocycles. The van der Waals surface area contributed by atoms with Gasteiger partial charge in [-0.05, 0) is 0 Å². The summed E-state index contributed by atoms with van der Waals surface area (Å²) in [4.78, 5) is 23.1. The predicted octanol–water partition coefficient (Wildman–Crippen LogP) is -1.11. The van der Waals surface area contributed by atoms with Gasteiger partial charge in [0.25, 0.3) is 11.8 Å². The number of carbonyl (C=O) groups is 2. The quantitative estimate of drug-likeness (QED) is 0.434. The first kappa shape index (κ1) is 9.88. The van der Waals surface area contributed by atoms with Crippen LogP contribution in [0.4, 0.5) is 0 Å². The molecular weight excluding hydrogens is 172 g/mol.